The third-order valence-electron chi connectivity index (χ3n) is 15.8. The molecule has 0 aromatic carbocycles. The van der Waals surface area contributed by atoms with Crippen molar-refractivity contribution >= 4 is 17.9 Å². The second kappa shape index (κ2) is 64.7. The Hall–Kier alpha value is -1.85. The van der Waals surface area contributed by atoms with Gasteiger partial charge in [0.2, 0.25) is 0 Å². The van der Waals surface area contributed by atoms with Crippen molar-refractivity contribution in [1.29, 1.82) is 0 Å². The van der Waals surface area contributed by atoms with Crippen LogP contribution >= 0.6 is 0 Å². The van der Waals surface area contributed by atoms with Crippen LogP contribution in [-0.4, -0.2) is 37.2 Å². The quantitative estimate of drug-likeness (QED) is 0.0261. The van der Waals surface area contributed by atoms with Crippen molar-refractivity contribution in [2.24, 2.45) is 0 Å². The molecule has 0 spiro atoms. The van der Waals surface area contributed by atoms with E-state index in [2.05, 4.69) is 32.9 Å². The van der Waals surface area contributed by atoms with Crippen LogP contribution in [0.3, 0.4) is 0 Å². The zero-order chi connectivity index (χ0) is 54.3. The molecule has 75 heavy (non-hydrogen) atoms. The number of ether oxygens (including phenoxy) is 3. The molecule has 0 saturated heterocycles. The van der Waals surface area contributed by atoms with Gasteiger partial charge in [0.15, 0.2) is 6.10 Å². The molecular formula is C69H132O6. The molecule has 6 nitrogen and oxygen atoms in total. The van der Waals surface area contributed by atoms with Gasteiger partial charge in [0.05, 0.1) is 0 Å². The first-order valence-corrected chi connectivity index (χ1v) is 34.2. The Morgan fingerprint density at radius 2 is 0.440 bits per heavy atom. The molecule has 6 heteroatoms. The molecule has 0 fully saturated rings. The maximum absolute atomic E-state index is 12.9. The number of rotatable bonds is 64. The van der Waals surface area contributed by atoms with Gasteiger partial charge in [-0.05, 0) is 44.9 Å². The van der Waals surface area contributed by atoms with Crippen LogP contribution in [0.1, 0.15) is 393 Å². The van der Waals surface area contributed by atoms with Crippen molar-refractivity contribution in [2.75, 3.05) is 13.2 Å². The van der Waals surface area contributed by atoms with Crippen molar-refractivity contribution in [2.45, 2.75) is 399 Å². The Kier molecular flexibility index (Phi) is 63.1. The number of unbranched alkanes of at least 4 members (excludes halogenated alkanes) is 51. The second-order valence-electron chi connectivity index (χ2n) is 23.5. The highest BCUT2D eigenvalue weighted by Crippen LogP contribution is 2.19. The first-order chi connectivity index (χ1) is 37.0. The SMILES string of the molecule is CCCCCCCCC/C=C\CCCCCCCC(=O)OCC(COC(=O)CCCCCCCCCCCCCCCCCCCCCCCCC)OC(=O)CCCCCCCCCCCCCCCCCCCC. The summed E-state index contributed by atoms with van der Waals surface area (Å²) in [7, 11) is 0. The number of esters is 3. The zero-order valence-corrected chi connectivity index (χ0v) is 51.1. The Labute approximate surface area is 469 Å². The third-order valence-corrected chi connectivity index (χ3v) is 15.8. The zero-order valence-electron chi connectivity index (χ0n) is 51.1. The number of hydrogen-bond acceptors (Lipinski definition) is 6. The molecule has 1 unspecified atom stereocenters. The topological polar surface area (TPSA) is 78.9 Å². The fourth-order valence-corrected chi connectivity index (χ4v) is 10.6. The lowest BCUT2D eigenvalue weighted by Gasteiger charge is -2.18. The highest BCUT2D eigenvalue weighted by atomic mass is 16.6. The van der Waals surface area contributed by atoms with Crippen LogP contribution in [0.15, 0.2) is 12.2 Å². The van der Waals surface area contributed by atoms with Crippen molar-refractivity contribution in [3.63, 3.8) is 0 Å². The first-order valence-electron chi connectivity index (χ1n) is 34.2. The van der Waals surface area contributed by atoms with Crippen LogP contribution in [0.25, 0.3) is 0 Å². The molecule has 0 saturated carbocycles. The van der Waals surface area contributed by atoms with Gasteiger partial charge < -0.3 is 14.2 Å². The first kappa shape index (κ1) is 73.2. The maximum atomic E-state index is 12.9. The van der Waals surface area contributed by atoms with Crippen LogP contribution < -0.4 is 0 Å². The number of hydrogen-bond donors (Lipinski definition) is 0. The van der Waals surface area contributed by atoms with Crippen LogP contribution in [0.2, 0.25) is 0 Å². The monoisotopic (exact) mass is 1060 g/mol. The van der Waals surface area contributed by atoms with E-state index in [1.807, 2.05) is 0 Å². The molecule has 1 atom stereocenters. The van der Waals surface area contributed by atoms with Gasteiger partial charge in [0, 0.05) is 19.3 Å². The van der Waals surface area contributed by atoms with Crippen molar-refractivity contribution in [1.82, 2.24) is 0 Å². The molecule has 444 valence electrons. The predicted molar refractivity (Wildman–Crippen MR) is 326 cm³/mol. The standard InChI is InChI=1S/C69H132O6/c1-4-7-10-13-16-19-22-25-28-31-33-34-35-36-37-39-41-44-47-50-53-56-59-62-68(71)74-65-66(64-73-67(70)61-58-55-52-49-46-43-40-30-27-24-21-18-15-12-9-6-3)75-69(72)63-60-57-54-51-48-45-42-38-32-29-26-23-20-17-14-11-8-5-2/h30,40,66H,4-29,31-39,41-65H2,1-3H3/b40-30-. The highest BCUT2D eigenvalue weighted by Gasteiger charge is 2.19. The van der Waals surface area contributed by atoms with Crippen LogP contribution in [0.4, 0.5) is 0 Å². The Balaban J connectivity index is 4.26. The van der Waals surface area contributed by atoms with Gasteiger partial charge in [-0.3, -0.25) is 14.4 Å². The second-order valence-corrected chi connectivity index (χ2v) is 23.5. The third kappa shape index (κ3) is 62.9. The summed E-state index contributed by atoms with van der Waals surface area (Å²) in [5.74, 6) is -0.840. The van der Waals surface area contributed by atoms with E-state index < -0.39 is 6.10 Å². The molecule has 0 aliphatic heterocycles. The number of carbonyl (C=O) groups is 3. The lowest BCUT2D eigenvalue weighted by molar-refractivity contribution is -0.167. The molecule has 0 bridgehead atoms. The molecule has 0 rings (SSSR count). The fourth-order valence-electron chi connectivity index (χ4n) is 10.6. The summed E-state index contributed by atoms with van der Waals surface area (Å²) in [6.07, 6.45) is 76.6. The van der Waals surface area contributed by atoms with Crippen molar-refractivity contribution in [3.8, 4) is 0 Å². The minimum absolute atomic E-state index is 0.0656. The van der Waals surface area contributed by atoms with Crippen molar-refractivity contribution < 1.29 is 28.6 Å². The lowest BCUT2D eigenvalue weighted by Crippen LogP contribution is -2.30. The van der Waals surface area contributed by atoms with E-state index in [0.29, 0.717) is 19.3 Å². The van der Waals surface area contributed by atoms with Crippen molar-refractivity contribution in [3.05, 3.63) is 12.2 Å². The molecule has 0 N–H and O–H groups in total. The smallest absolute Gasteiger partial charge is 0.306 e. The summed E-state index contributed by atoms with van der Waals surface area (Å²) >= 11 is 0. The van der Waals surface area contributed by atoms with E-state index in [1.54, 1.807) is 0 Å². The van der Waals surface area contributed by atoms with Gasteiger partial charge in [0.1, 0.15) is 13.2 Å². The molecular weight excluding hydrogens is 925 g/mol. The summed E-state index contributed by atoms with van der Waals surface area (Å²) in [5, 5.41) is 0. The largest absolute Gasteiger partial charge is 0.462 e. The van der Waals surface area contributed by atoms with E-state index >= 15 is 0 Å². The molecule has 0 heterocycles. The lowest BCUT2D eigenvalue weighted by atomic mass is 10.0. The highest BCUT2D eigenvalue weighted by molar-refractivity contribution is 5.71. The number of carbonyl (C=O) groups excluding carboxylic acids is 3. The fraction of sp³-hybridized carbons (Fsp3) is 0.928. The molecule has 0 radical (unpaired) electrons. The van der Waals surface area contributed by atoms with Gasteiger partial charge in [-0.15, -0.1) is 0 Å². The van der Waals surface area contributed by atoms with Crippen LogP contribution in [0, 0.1) is 0 Å². The summed E-state index contributed by atoms with van der Waals surface area (Å²) in [6.45, 7) is 6.72. The molecule has 0 aliphatic carbocycles. The average Bonchev–Trinajstić information content (AvgIpc) is 3.41. The molecule has 0 aliphatic rings. The van der Waals surface area contributed by atoms with Gasteiger partial charge in [-0.25, -0.2) is 0 Å². The van der Waals surface area contributed by atoms with Gasteiger partial charge >= 0.3 is 17.9 Å². The van der Waals surface area contributed by atoms with E-state index in [0.717, 1.165) is 64.2 Å². The number of allylic oxidation sites excluding steroid dienone is 2. The van der Waals surface area contributed by atoms with Gasteiger partial charge in [-0.1, -0.05) is 341 Å². The Bertz CT molecular complexity index is 1170. The maximum Gasteiger partial charge on any atom is 0.306 e. The normalized spacial score (nSPS) is 12.0. The minimum atomic E-state index is -0.769. The Morgan fingerprint density at radius 1 is 0.253 bits per heavy atom. The van der Waals surface area contributed by atoms with Crippen LogP contribution in [0.5, 0.6) is 0 Å². The molecule has 0 aromatic heterocycles. The van der Waals surface area contributed by atoms with E-state index in [-0.39, 0.29) is 31.1 Å². The van der Waals surface area contributed by atoms with Gasteiger partial charge in [-0.2, -0.15) is 0 Å². The summed E-state index contributed by atoms with van der Waals surface area (Å²) in [6, 6.07) is 0. The van der Waals surface area contributed by atoms with E-state index in [1.165, 1.54) is 289 Å². The summed E-state index contributed by atoms with van der Waals surface area (Å²) in [4.78, 5) is 38.4. The summed E-state index contributed by atoms with van der Waals surface area (Å²) in [5.41, 5.74) is 0. The van der Waals surface area contributed by atoms with Crippen LogP contribution in [-0.2, 0) is 28.6 Å². The van der Waals surface area contributed by atoms with E-state index in [9.17, 15) is 14.4 Å². The summed E-state index contributed by atoms with van der Waals surface area (Å²) < 4.78 is 17.0. The molecule has 0 amide bonds. The van der Waals surface area contributed by atoms with Gasteiger partial charge in [0.25, 0.3) is 0 Å². The predicted octanol–water partition coefficient (Wildman–Crippen LogP) is 23.2. The molecule has 0 aromatic rings. The van der Waals surface area contributed by atoms with E-state index in [4.69, 9.17) is 14.2 Å². The Morgan fingerprint density at radius 3 is 0.667 bits per heavy atom. The minimum Gasteiger partial charge on any atom is -0.462 e. The average molecular weight is 1060 g/mol.